The maximum atomic E-state index is 11.2. The normalized spacial score (nSPS) is 24.5. The molecule has 2 nitrogen and oxygen atoms in total. The van der Waals surface area contributed by atoms with E-state index in [1.54, 1.807) is 0 Å². The maximum Gasteiger partial charge on any atom is 0.0415 e. The zero-order valence-electron chi connectivity index (χ0n) is 7.35. The van der Waals surface area contributed by atoms with E-state index in [0.29, 0.717) is 18.3 Å². The van der Waals surface area contributed by atoms with E-state index in [-0.39, 0.29) is 0 Å². The van der Waals surface area contributed by atoms with Crippen LogP contribution >= 0.6 is 11.8 Å². The summed E-state index contributed by atoms with van der Waals surface area (Å²) in [6.07, 6.45) is 0. The van der Waals surface area contributed by atoms with Crippen molar-refractivity contribution in [3.05, 3.63) is 41.1 Å². The van der Waals surface area contributed by atoms with E-state index in [2.05, 4.69) is 12.1 Å². The summed E-state index contributed by atoms with van der Waals surface area (Å²) in [5, 5.41) is 12.7. The minimum atomic E-state index is 0.368. The Kier molecular flexibility index (Phi) is 2.88. The van der Waals surface area contributed by atoms with Gasteiger partial charge in [0.1, 0.15) is 0 Å². The second-order valence-corrected chi connectivity index (χ2v) is 4.47. The first kappa shape index (κ1) is 9.06. The lowest BCUT2D eigenvalue weighted by atomic mass is 10.1. The van der Waals surface area contributed by atoms with Gasteiger partial charge in [-0.05, 0) is 12.1 Å². The molecule has 1 fully saturated rings. The van der Waals surface area contributed by atoms with E-state index in [0.717, 1.165) is 10.8 Å². The number of hydrogen-bond donors (Lipinski definition) is 0. The van der Waals surface area contributed by atoms with Crippen LogP contribution in [0.15, 0.2) is 30.3 Å². The lowest BCUT2D eigenvalue weighted by molar-refractivity contribution is 0.391. The fraction of sp³-hybridized carbons (Fsp3) is 0.400. The Bertz CT molecular complexity index is 265. The third-order valence-electron chi connectivity index (χ3n) is 2.20. The van der Waals surface area contributed by atoms with Crippen molar-refractivity contribution >= 4 is 11.8 Å². The molecular formula is C10H12NOS-. The molecule has 1 aromatic rings. The van der Waals surface area contributed by atoms with E-state index < -0.39 is 0 Å². The van der Waals surface area contributed by atoms with Gasteiger partial charge < -0.3 is 10.3 Å². The molecular weight excluding hydrogens is 182 g/mol. The van der Waals surface area contributed by atoms with Crippen molar-refractivity contribution in [2.75, 3.05) is 18.8 Å². The Morgan fingerprint density at radius 3 is 2.77 bits per heavy atom. The molecule has 0 amide bonds. The molecule has 2 rings (SSSR count). The molecule has 1 aliphatic rings. The van der Waals surface area contributed by atoms with Gasteiger partial charge in [0.25, 0.3) is 0 Å². The van der Waals surface area contributed by atoms with Crippen molar-refractivity contribution in [1.82, 2.24) is 5.06 Å². The summed E-state index contributed by atoms with van der Waals surface area (Å²) in [4.78, 5) is 0. The van der Waals surface area contributed by atoms with Gasteiger partial charge in [0.15, 0.2) is 0 Å². The molecule has 13 heavy (non-hydrogen) atoms. The summed E-state index contributed by atoms with van der Waals surface area (Å²) in [7, 11) is 0. The second-order valence-electron chi connectivity index (χ2n) is 3.16. The van der Waals surface area contributed by atoms with Crippen LogP contribution in [0.5, 0.6) is 0 Å². The average Bonchev–Trinajstić information content (AvgIpc) is 2.19. The number of rotatable bonds is 1. The van der Waals surface area contributed by atoms with Gasteiger partial charge in [-0.3, -0.25) is 0 Å². The zero-order chi connectivity index (χ0) is 9.10. The van der Waals surface area contributed by atoms with E-state index in [1.807, 2.05) is 30.0 Å². The van der Waals surface area contributed by atoms with Crippen molar-refractivity contribution in [1.29, 1.82) is 0 Å². The minimum absolute atomic E-state index is 0.368. The van der Waals surface area contributed by atoms with Crippen LogP contribution in [-0.4, -0.2) is 23.9 Å². The van der Waals surface area contributed by atoms with Crippen molar-refractivity contribution in [2.24, 2.45) is 0 Å². The molecule has 1 heterocycles. The molecule has 1 unspecified atom stereocenters. The molecule has 0 saturated carbocycles. The van der Waals surface area contributed by atoms with Gasteiger partial charge in [-0.25, -0.2) is 0 Å². The average molecular weight is 194 g/mol. The summed E-state index contributed by atoms with van der Waals surface area (Å²) < 4.78 is 0. The number of hydroxylamine groups is 2. The highest BCUT2D eigenvalue weighted by Gasteiger charge is 2.16. The van der Waals surface area contributed by atoms with Crippen LogP contribution in [-0.2, 0) is 0 Å². The highest BCUT2D eigenvalue weighted by atomic mass is 32.2. The predicted octanol–water partition coefficient (Wildman–Crippen LogP) is 2.27. The fourth-order valence-electron chi connectivity index (χ4n) is 1.50. The van der Waals surface area contributed by atoms with Crippen molar-refractivity contribution in [2.45, 2.75) is 5.25 Å². The third-order valence-corrected chi connectivity index (χ3v) is 3.44. The summed E-state index contributed by atoms with van der Waals surface area (Å²) >= 11 is 1.88. The molecule has 1 aliphatic heterocycles. The molecule has 1 saturated heterocycles. The van der Waals surface area contributed by atoms with Gasteiger partial charge in [-0.1, -0.05) is 30.3 Å². The SMILES string of the molecule is [O-]N1CCSC(c2ccccc2)C1. The molecule has 0 aliphatic carbocycles. The van der Waals surface area contributed by atoms with Crippen LogP contribution in [0.25, 0.3) is 0 Å². The number of benzene rings is 1. The Labute approximate surface area is 82.5 Å². The smallest absolute Gasteiger partial charge is 0.0415 e. The molecule has 0 spiro atoms. The summed E-state index contributed by atoms with van der Waals surface area (Å²) in [5.41, 5.74) is 1.27. The molecule has 3 heteroatoms. The Morgan fingerprint density at radius 2 is 2.08 bits per heavy atom. The lowest BCUT2D eigenvalue weighted by Gasteiger charge is -2.36. The van der Waals surface area contributed by atoms with Gasteiger partial charge >= 0.3 is 0 Å². The molecule has 0 bridgehead atoms. The van der Waals surface area contributed by atoms with Crippen molar-refractivity contribution in [3.8, 4) is 0 Å². The Morgan fingerprint density at radius 1 is 1.31 bits per heavy atom. The van der Waals surface area contributed by atoms with Crippen LogP contribution in [0, 0.1) is 5.21 Å². The monoisotopic (exact) mass is 194 g/mol. The molecule has 0 aromatic heterocycles. The van der Waals surface area contributed by atoms with Gasteiger partial charge in [0.2, 0.25) is 0 Å². The second kappa shape index (κ2) is 4.13. The first-order chi connectivity index (χ1) is 6.36. The standard InChI is InChI=1S/C10H12NOS/c12-11-6-7-13-10(8-11)9-4-2-1-3-5-9/h1-5,10H,6-8H2/q-1. The minimum Gasteiger partial charge on any atom is -0.785 e. The van der Waals surface area contributed by atoms with Gasteiger partial charge in [0, 0.05) is 17.5 Å². The largest absolute Gasteiger partial charge is 0.785 e. The summed E-state index contributed by atoms with van der Waals surface area (Å²) in [5.74, 6) is 0.947. The van der Waals surface area contributed by atoms with E-state index in [4.69, 9.17) is 0 Å². The topological polar surface area (TPSA) is 26.3 Å². The Balaban J connectivity index is 2.08. The number of nitrogens with zero attached hydrogens (tertiary/aromatic N) is 1. The first-order valence-electron chi connectivity index (χ1n) is 4.45. The molecule has 1 atom stereocenters. The van der Waals surface area contributed by atoms with Crippen LogP contribution in [0.2, 0.25) is 0 Å². The number of thioether (sulfide) groups is 1. The third kappa shape index (κ3) is 2.24. The van der Waals surface area contributed by atoms with Gasteiger partial charge in [-0.15, -0.1) is 0 Å². The molecule has 0 radical (unpaired) electrons. The fourth-order valence-corrected chi connectivity index (χ4v) is 2.71. The van der Waals surface area contributed by atoms with E-state index in [9.17, 15) is 5.21 Å². The van der Waals surface area contributed by atoms with Crippen molar-refractivity contribution in [3.63, 3.8) is 0 Å². The molecule has 0 N–H and O–H groups in total. The predicted molar refractivity (Wildman–Crippen MR) is 56.6 cm³/mol. The van der Waals surface area contributed by atoms with Crippen LogP contribution in [0.4, 0.5) is 0 Å². The van der Waals surface area contributed by atoms with E-state index in [1.165, 1.54) is 5.56 Å². The summed E-state index contributed by atoms with van der Waals surface area (Å²) in [6, 6.07) is 10.2. The number of hydrogen-bond acceptors (Lipinski definition) is 3. The van der Waals surface area contributed by atoms with Crippen LogP contribution in [0.3, 0.4) is 0 Å². The van der Waals surface area contributed by atoms with Gasteiger partial charge in [0.05, 0.1) is 0 Å². The maximum absolute atomic E-state index is 11.2. The molecule has 1 aromatic carbocycles. The van der Waals surface area contributed by atoms with E-state index >= 15 is 0 Å². The summed E-state index contributed by atoms with van der Waals surface area (Å²) in [6.45, 7) is 1.31. The first-order valence-corrected chi connectivity index (χ1v) is 5.50. The molecule has 70 valence electrons. The Hall–Kier alpha value is -0.510. The van der Waals surface area contributed by atoms with Crippen LogP contribution in [0.1, 0.15) is 10.8 Å². The lowest BCUT2D eigenvalue weighted by Crippen LogP contribution is -2.29. The van der Waals surface area contributed by atoms with Crippen molar-refractivity contribution < 1.29 is 0 Å². The highest BCUT2D eigenvalue weighted by Crippen LogP contribution is 2.32. The van der Waals surface area contributed by atoms with Gasteiger partial charge in [-0.2, -0.15) is 11.8 Å². The zero-order valence-corrected chi connectivity index (χ0v) is 8.17. The highest BCUT2D eigenvalue weighted by molar-refractivity contribution is 7.99. The van der Waals surface area contributed by atoms with Crippen LogP contribution < -0.4 is 0 Å². The quantitative estimate of drug-likeness (QED) is 0.686.